The Labute approximate surface area is 178 Å². The fourth-order valence-corrected chi connectivity index (χ4v) is 4.06. The first-order chi connectivity index (χ1) is 14.7. The van der Waals surface area contributed by atoms with Gasteiger partial charge in [0.15, 0.2) is 0 Å². The second-order valence-corrected chi connectivity index (χ2v) is 7.76. The average molecular weight is 404 g/mol. The van der Waals surface area contributed by atoms with Crippen LogP contribution in [0.1, 0.15) is 12.0 Å². The lowest BCUT2D eigenvalue weighted by atomic mass is 10.1. The van der Waals surface area contributed by atoms with Crippen LogP contribution in [-0.2, 0) is 4.74 Å². The Kier molecular flexibility index (Phi) is 6.50. The minimum absolute atomic E-state index is 0.393. The molecule has 0 saturated carbocycles. The number of hydrogen-bond donors (Lipinski definition) is 1. The molecule has 0 unspecified atom stereocenters. The number of benzene rings is 3. The molecule has 0 bridgehead atoms. The molecule has 1 aliphatic rings. The monoisotopic (exact) mass is 403 g/mol. The zero-order chi connectivity index (χ0) is 20.8. The molecule has 3 aromatic rings. The van der Waals surface area contributed by atoms with E-state index >= 15 is 0 Å². The summed E-state index contributed by atoms with van der Waals surface area (Å²) in [7, 11) is 0. The Hall–Kier alpha value is -3.05. The zero-order valence-electron chi connectivity index (χ0n) is 17.5. The summed E-state index contributed by atoms with van der Waals surface area (Å²) in [4.78, 5) is 17.1. The molecule has 1 amide bonds. The predicted octanol–water partition coefficient (Wildman–Crippen LogP) is 4.91. The minimum Gasteiger partial charge on any atom is -0.449 e. The third kappa shape index (κ3) is 4.92. The van der Waals surface area contributed by atoms with Crippen LogP contribution in [0.3, 0.4) is 0 Å². The van der Waals surface area contributed by atoms with E-state index in [1.54, 1.807) is 0 Å². The summed E-state index contributed by atoms with van der Waals surface area (Å²) in [5, 5.41) is 4.99. The molecule has 0 aromatic heterocycles. The molecule has 0 spiro atoms. The largest absolute Gasteiger partial charge is 0.449 e. The van der Waals surface area contributed by atoms with Crippen LogP contribution in [0.15, 0.2) is 66.7 Å². The number of nitrogens with zero attached hydrogens (tertiary/aromatic N) is 2. The first-order valence-corrected chi connectivity index (χ1v) is 10.7. The number of aryl methyl sites for hydroxylation is 1. The topological polar surface area (TPSA) is 44.8 Å². The van der Waals surface area contributed by atoms with Gasteiger partial charge in [0.1, 0.15) is 0 Å². The van der Waals surface area contributed by atoms with Crippen molar-refractivity contribution >= 4 is 28.2 Å². The molecule has 1 saturated heterocycles. The Bertz CT molecular complexity index is 991. The first-order valence-electron chi connectivity index (χ1n) is 10.7. The summed E-state index contributed by atoms with van der Waals surface area (Å²) in [5.74, 6) is 0. The van der Waals surface area contributed by atoms with E-state index < -0.39 is 6.09 Å². The molecular weight excluding hydrogens is 374 g/mol. The number of carbonyl (C=O) groups excluding carboxylic acids is 1. The molecule has 0 radical (unpaired) electrons. The van der Waals surface area contributed by atoms with E-state index in [1.807, 2.05) is 42.5 Å². The molecule has 5 nitrogen and oxygen atoms in total. The Balaban J connectivity index is 1.18. The van der Waals surface area contributed by atoms with Crippen LogP contribution < -0.4 is 10.2 Å². The Morgan fingerprint density at radius 3 is 2.50 bits per heavy atom. The van der Waals surface area contributed by atoms with Crippen LogP contribution in [0.4, 0.5) is 16.2 Å². The van der Waals surface area contributed by atoms with Crippen molar-refractivity contribution in [1.29, 1.82) is 0 Å². The van der Waals surface area contributed by atoms with Crippen LogP contribution in [0.2, 0.25) is 0 Å². The van der Waals surface area contributed by atoms with Gasteiger partial charge in [-0.25, -0.2) is 4.79 Å². The Morgan fingerprint density at radius 2 is 1.67 bits per heavy atom. The van der Waals surface area contributed by atoms with Gasteiger partial charge in [-0.15, -0.1) is 0 Å². The van der Waals surface area contributed by atoms with E-state index in [0.717, 1.165) is 55.6 Å². The number of para-hydroxylation sites is 1. The van der Waals surface area contributed by atoms with Crippen molar-refractivity contribution in [3.05, 3.63) is 72.3 Å². The maximum Gasteiger partial charge on any atom is 0.411 e. The zero-order valence-corrected chi connectivity index (χ0v) is 17.5. The fourth-order valence-electron chi connectivity index (χ4n) is 4.06. The van der Waals surface area contributed by atoms with Crippen molar-refractivity contribution in [2.45, 2.75) is 13.3 Å². The van der Waals surface area contributed by atoms with Crippen molar-refractivity contribution in [3.63, 3.8) is 0 Å². The van der Waals surface area contributed by atoms with Crippen molar-refractivity contribution in [2.75, 3.05) is 49.5 Å². The van der Waals surface area contributed by atoms with E-state index in [0.29, 0.717) is 6.61 Å². The minimum atomic E-state index is -0.393. The van der Waals surface area contributed by atoms with Crippen LogP contribution in [0, 0.1) is 6.92 Å². The summed E-state index contributed by atoms with van der Waals surface area (Å²) in [5.41, 5.74) is 3.45. The van der Waals surface area contributed by atoms with Gasteiger partial charge >= 0.3 is 6.09 Å². The number of fused-ring (bicyclic) bond motifs is 1. The number of ether oxygens (including phenoxy) is 1. The van der Waals surface area contributed by atoms with Crippen LogP contribution in [0.25, 0.3) is 10.8 Å². The van der Waals surface area contributed by atoms with Gasteiger partial charge in [0.2, 0.25) is 0 Å². The molecule has 1 N–H and O–H groups in total. The summed E-state index contributed by atoms with van der Waals surface area (Å²) in [6, 6.07) is 22.4. The maximum absolute atomic E-state index is 12.2. The van der Waals surface area contributed by atoms with E-state index in [1.165, 1.54) is 11.3 Å². The number of carbonyl (C=O) groups is 1. The molecule has 4 rings (SSSR count). The summed E-state index contributed by atoms with van der Waals surface area (Å²) >= 11 is 0. The second-order valence-electron chi connectivity index (χ2n) is 7.76. The second kappa shape index (κ2) is 9.63. The highest BCUT2D eigenvalue weighted by Gasteiger charge is 2.18. The summed E-state index contributed by atoms with van der Waals surface area (Å²) in [6.45, 7) is 7.69. The lowest BCUT2D eigenvalue weighted by Gasteiger charge is -2.36. The van der Waals surface area contributed by atoms with E-state index in [9.17, 15) is 4.79 Å². The highest BCUT2D eigenvalue weighted by atomic mass is 16.5. The van der Waals surface area contributed by atoms with Crippen LogP contribution in [-0.4, -0.2) is 50.3 Å². The highest BCUT2D eigenvalue weighted by Crippen LogP contribution is 2.23. The lowest BCUT2D eigenvalue weighted by Crippen LogP contribution is -2.47. The molecule has 0 aliphatic carbocycles. The van der Waals surface area contributed by atoms with Crippen molar-refractivity contribution in [3.8, 4) is 0 Å². The molecule has 0 atom stereocenters. The molecule has 3 aromatic carbocycles. The molecule has 30 heavy (non-hydrogen) atoms. The van der Waals surface area contributed by atoms with E-state index in [-0.39, 0.29) is 0 Å². The maximum atomic E-state index is 12.2. The van der Waals surface area contributed by atoms with E-state index in [2.05, 4.69) is 46.3 Å². The van der Waals surface area contributed by atoms with Gasteiger partial charge < -0.3 is 9.64 Å². The third-order valence-corrected chi connectivity index (χ3v) is 5.71. The molecule has 1 heterocycles. The van der Waals surface area contributed by atoms with Gasteiger partial charge in [0.25, 0.3) is 0 Å². The highest BCUT2D eigenvalue weighted by molar-refractivity contribution is 6.00. The molecule has 1 fully saturated rings. The van der Waals surface area contributed by atoms with Crippen molar-refractivity contribution in [2.24, 2.45) is 0 Å². The van der Waals surface area contributed by atoms with Gasteiger partial charge in [0, 0.05) is 43.8 Å². The quantitative estimate of drug-likeness (QED) is 0.594. The van der Waals surface area contributed by atoms with Crippen molar-refractivity contribution < 1.29 is 9.53 Å². The van der Waals surface area contributed by atoms with Gasteiger partial charge in [-0.2, -0.15) is 0 Å². The van der Waals surface area contributed by atoms with Crippen LogP contribution in [0.5, 0.6) is 0 Å². The molecular formula is C25H29N3O2. The summed E-state index contributed by atoms with van der Waals surface area (Å²) < 4.78 is 5.40. The van der Waals surface area contributed by atoms with Gasteiger partial charge in [-0.05, 0) is 36.4 Å². The van der Waals surface area contributed by atoms with Gasteiger partial charge in [0.05, 0.1) is 12.3 Å². The number of rotatable bonds is 6. The van der Waals surface area contributed by atoms with Gasteiger partial charge in [-0.3, -0.25) is 10.2 Å². The number of anilines is 2. The fraction of sp³-hybridized carbons (Fsp3) is 0.320. The predicted molar refractivity (Wildman–Crippen MR) is 123 cm³/mol. The normalized spacial score (nSPS) is 14.6. The third-order valence-electron chi connectivity index (χ3n) is 5.71. The number of piperazine rings is 1. The average Bonchev–Trinajstić information content (AvgIpc) is 2.78. The molecule has 5 heteroatoms. The smallest absolute Gasteiger partial charge is 0.411 e. The number of nitrogens with one attached hydrogen (secondary N) is 1. The lowest BCUT2D eigenvalue weighted by molar-refractivity contribution is 0.151. The number of amides is 1. The Morgan fingerprint density at radius 1 is 0.933 bits per heavy atom. The standard InChI is InChI=1S/C25H29N3O2/c1-20-8-2-5-13-24(20)28-17-15-27(16-18-28)14-7-19-30-25(29)26-23-12-6-10-21-9-3-4-11-22(21)23/h2-6,8-13H,7,14-19H2,1H3,(H,26,29). The molecule has 1 aliphatic heterocycles. The molecule has 156 valence electrons. The van der Waals surface area contributed by atoms with Crippen LogP contribution >= 0.6 is 0 Å². The summed E-state index contributed by atoms with van der Waals surface area (Å²) in [6.07, 6.45) is 0.448. The van der Waals surface area contributed by atoms with Gasteiger partial charge in [-0.1, -0.05) is 54.6 Å². The van der Waals surface area contributed by atoms with Crippen molar-refractivity contribution in [1.82, 2.24) is 4.90 Å². The number of hydrogen-bond acceptors (Lipinski definition) is 4. The van der Waals surface area contributed by atoms with E-state index in [4.69, 9.17) is 4.74 Å². The first kappa shape index (κ1) is 20.2. The SMILES string of the molecule is Cc1ccccc1N1CCN(CCCOC(=O)Nc2cccc3ccccc23)CC1.